The Labute approximate surface area is 108 Å². The van der Waals surface area contributed by atoms with Crippen molar-refractivity contribution < 1.29 is 14.7 Å². The molecule has 0 fully saturated rings. The third-order valence-electron chi connectivity index (χ3n) is 2.24. The van der Waals surface area contributed by atoms with E-state index >= 15 is 0 Å². The number of aromatic nitrogens is 3. The normalized spacial score (nSPS) is 10.7. The first-order valence-electron chi connectivity index (χ1n) is 5.31. The molecule has 0 saturated heterocycles. The monoisotopic (exact) mass is 258 g/mol. The summed E-state index contributed by atoms with van der Waals surface area (Å²) in [4.78, 5) is 22.9. The zero-order valence-electron chi connectivity index (χ0n) is 9.72. The molecule has 1 aromatic carbocycles. The Morgan fingerprint density at radius 2 is 1.89 bits per heavy atom. The van der Waals surface area contributed by atoms with Crippen molar-refractivity contribution in [2.45, 2.75) is 0 Å². The number of nitrogens with two attached hydrogens (primary N) is 1. The highest BCUT2D eigenvalue weighted by Gasteiger charge is 2.14. The highest BCUT2D eigenvalue weighted by molar-refractivity contribution is 5.95. The first-order valence-corrected chi connectivity index (χ1v) is 5.31. The Balaban J connectivity index is 2.47. The molecule has 0 atom stereocenters. The summed E-state index contributed by atoms with van der Waals surface area (Å²) >= 11 is 0. The summed E-state index contributed by atoms with van der Waals surface area (Å²) in [5.41, 5.74) is 5.84. The van der Waals surface area contributed by atoms with Crippen LogP contribution in [0.25, 0.3) is 11.8 Å². The van der Waals surface area contributed by atoms with E-state index in [2.05, 4.69) is 10.2 Å². The zero-order chi connectivity index (χ0) is 13.8. The minimum Gasteiger partial charge on any atom is -0.478 e. The number of aliphatic carboxylic acids is 1. The van der Waals surface area contributed by atoms with Crippen molar-refractivity contribution >= 4 is 18.0 Å². The maximum Gasteiger partial charge on any atom is 0.328 e. The molecule has 0 aliphatic carbocycles. The first kappa shape index (κ1) is 12.5. The molecular weight excluding hydrogens is 248 g/mol. The minimum atomic E-state index is -1.15. The van der Waals surface area contributed by atoms with E-state index in [1.807, 2.05) is 6.07 Å². The van der Waals surface area contributed by atoms with Crippen LogP contribution in [0.4, 0.5) is 0 Å². The zero-order valence-corrected chi connectivity index (χ0v) is 9.72. The third-order valence-corrected chi connectivity index (χ3v) is 2.24. The van der Waals surface area contributed by atoms with Crippen LogP contribution in [0.2, 0.25) is 0 Å². The lowest BCUT2D eigenvalue weighted by Crippen LogP contribution is -2.13. The van der Waals surface area contributed by atoms with E-state index in [0.717, 1.165) is 6.08 Å². The number of benzene rings is 1. The number of carbonyl (C=O) groups is 2. The van der Waals surface area contributed by atoms with Gasteiger partial charge < -0.3 is 10.8 Å². The summed E-state index contributed by atoms with van der Waals surface area (Å²) in [7, 11) is 0. The lowest BCUT2D eigenvalue weighted by molar-refractivity contribution is -0.131. The number of carbonyl (C=O) groups excluding carboxylic acids is 1. The van der Waals surface area contributed by atoms with Gasteiger partial charge in [0.2, 0.25) is 0 Å². The van der Waals surface area contributed by atoms with E-state index in [1.54, 1.807) is 24.3 Å². The molecule has 0 radical (unpaired) electrons. The Morgan fingerprint density at radius 3 is 2.47 bits per heavy atom. The van der Waals surface area contributed by atoms with Crippen LogP contribution in [0.15, 0.2) is 36.4 Å². The fraction of sp³-hybridized carbons (Fsp3) is 0. The molecule has 0 saturated carbocycles. The molecule has 7 heteroatoms. The van der Waals surface area contributed by atoms with Crippen molar-refractivity contribution in [1.82, 2.24) is 15.0 Å². The number of amides is 1. The fourth-order valence-electron chi connectivity index (χ4n) is 1.43. The van der Waals surface area contributed by atoms with Gasteiger partial charge in [0.05, 0.1) is 5.69 Å². The number of nitrogens with zero attached hydrogens (tertiary/aromatic N) is 3. The van der Waals surface area contributed by atoms with Crippen molar-refractivity contribution in [2.75, 3.05) is 0 Å². The van der Waals surface area contributed by atoms with Gasteiger partial charge in [0.1, 0.15) is 5.69 Å². The number of primary amides is 1. The average molecular weight is 258 g/mol. The molecule has 7 nitrogen and oxygen atoms in total. The summed E-state index contributed by atoms with van der Waals surface area (Å²) in [5, 5.41) is 16.5. The number of rotatable bonds is 4. The number of carboxylic acid groups (broad SMARTS) is 1. The Hall–Kier alpha value is -2.96. The Bertz CT molecular complexity index is 646. The maximum absolute atomic E-state index is 11.2. The summed E-state index contributed by atoms with van der Waals surface area (Å²) in [5.74, 6) is -1.92. The molecule has 2 rings (SSSR count). The predicted octanol–water partition coefficient (Wildman–Crippen LogP) is 0.464. The van der Waals surface area contributed by atoms with Crippen molar-refractivity contribution in [3.8, 4) is 5.69 Å². The second-order valence-corrected chi connectivity index (χ2v) is 3.59. The third kappa shape index (κ3) is 2.83. The maximum atomic E-state index is 11.2. The van der Waals surface area contributed by atoms with Crippen LogP contribution in [0.1, 0.15) is 16.2 Å². The molecule has 1 heterocycles. The van der Waals surface area contributed by atoms with Crippen molar-refractivity contribution in [3.05, 3.63) is 47.8 Å². The topological polar surface area (TPSA) is 111 Å². The van der Waals surface area contributed by atoms with E-state index in [9.17, 15) is 9.59 Å². The second kappa shape index (κ2) is 5.13. The molecule has 3 N–H and O–H groups in total. The molecule has 1 aromatic heterocycles. The van der Waals surface area contributed by atoms with Crippen molar-refractivity contribution in [1.29, 1.82) is 0 Å². The minimum absolute atomic E-state index is 0.0821. The average Bonchev–Trinajstić information content (AvgIpc) is 2.81. The SMILES string of the molecule is NC(=O)c1nn(-c2ccccc2)nc1/C=C\C(=O)O. The van der Waals surface area contributed by atoms with Gasteiger partial charge in [-0.2, -0.15) is 4.80 Å². The molecule has 96 valence electrons. The second-order valence-electron chi connectivity index (χ2n) is 3.59. The van der Waals surface area contributed by atoms with E-state index in [-0.39, 0.29) is 11.4 Å². The molecular formula is C12H10N4O3. The number of hydrogen-bond donors (Lipinski definition) is 2. The molecule has 0 bridgehead atoms. The standard InChI is InChI=1S/C12H10N4O3/c13-12(19)11-9(6-7-10(17)18)14-16(15-11)8-4-2-1-3-5-8/h1-7H,(H2,13,19)(H,17,18)/b7-6-. The molecule has 0 spiro atoms. The lowest BCUT2D eigenvalue weighted by Gasteiger charge is -1.96. The first-order chi connectivity index (χ1) is 9.08. The van der Waals surface area contributed by atoms with Gasteiger partial charge in [0.15, 0.2) is 5.69 Å². The summed E-state index contributed by atoms with van der Waals surface area (Å²) in [6.45, 7) is 0. The van der Waals surface area contributed by atoms with Crippen LogP contribution in [0.3, 0.4) is 0 Å². The smallest absolute Gasteiger partial charge is 0.328 e. The molecule has 19 heavy (non-hydrogen) atoms. The van der Waals surface area contributed by atoms with Crippen molar-refractivity contribution in [2.24, 2.45) is 5.73 Å². The largest absolute Gasteiger partial charge is 0.478 e. The predicted molar refractivity (Wildman–Crippen MR) is 66.5 cm³/mol. The Kier molecular flexibility index (Phi) is 3.37. The van der Waals surface area contributed by atoms with Gasteiger partial charge in [-0.1, -0.05) is 18.2 Å². The van der Waals surface area contributed by atoms with Gasteiger partial charge in [0.25, 0.3) is 5.91 Å². The van der Waals surface area contributed by atoms with Gasteiger partial charge in [0, 0.05) is 6.08 Å². The van der Waals surface area contributed by atoms with Gasteiger partial charge >= 0.3 is 5.97 Å². The molecule has 1 amide bonds. The van der Waals surface area contributed by atoms with Gasteiger partial charge in [-0.15, -0.1) is 10.2 Å². The number of hydrogen-bond acceptors (Lipinski definition) is 4. The summed E-state index contributed by atoms with van der Waals surface area (Å²) < 4.78 is 0. The van der Waals surface area contributed by atoms with Crippen molar-refractivity contribution in [3.63, 3.8) is 0 Å². The Morgan fingerprint density at radius 1 is 1.21 bits per heavy atom. The highest BCUT2D eigenvalue weighted by atomic mass is 16.4. The summed E-state index contributed by atoms with van der Waals surface area (Å²) in [6.07, 6.45) is 2.04. The highest BCUT2D eigenvalue weighted by Crippen LogP contribution is 2.09. The van der Waals surface area contributed by atoms with Crippen LogP contribution >= 0.6 is 0 Å². The number of para-hydroxylation sites is 1. The molecule has 0 aliphatic heterocycles. The van der Waals surface area contributed by atoms with Crippen LogP contribution in [-0.4, -0.2) is 32.0 Å². The van der Waals surface area contributed by atoms with Crippen LogP contribution < -0.4 is 5.73 Å². The van der Waals surface area contributed by atoms with Crippen LogP contribution in [0, 0.1) is 0 Å². The number of carboxylic acids is 1. The van der Waals surface area contributed by atoms with E-state index in [4.69, 9.17) is 10.8 Å². The van der Waals surface area contributed by atoms with E-state index in [0.29, 0.717) is 5.69 Å². The quantitative estimate of drug-likeness (QED) is 0.774. The summed E-state index contributed by atoms with van der Waals surface area (Å²) in [6, 6.07) is 8.89. The van der Waals surface area contributed by atoms with Gasteiger partial charge in [-0.3, -0.25) is 4.79 Å². The molecule has 0 unspecified atom stereocenters. The molecule has 0 aliphatic rings. The van der Waals surface area contributed by atoms with Gasteiger partial charge in [-0.05, 0) is 18.2 Å². The molecule has 2 aromatic rings. The van der Waals surface area contributed by atoms with Crippen LogP contribution in [-0.2, 0) is 4.79 Å². The fourth-order valence-corrected chi connectivity index (χ4v) is 1.43. The van der Waals surface area contributed by atoms with Gasteiger partial charge in [-0.25, -0.2) is 4.79 Å². The van der Waals surface area contributed by atoms with E-state index in [1.165, 1.54) is 10.9 Å². The van der Waals surface area contributed by atoms with Crippen LogP contribution in [0.5, 0.6) is 0 Å². The van der Waals surface area contributed by atoms with E-state index < -0.39 is 11.9 Å². The lowest BCUT2D eigenvalue weighted by atomic mass is 10.3.